The van der Waals surface area contributed by atoms with E-state index in [2.05, 4.69) is 28.2 Å². The zero-order valence-corrected chi connectivity index (χ0v) is 13.1. The Morgan fingerprint density at radius 2 is 1.52 bits per heavy atom. The van der Waals surface area contributed by atoms with E-state index in [1.807, 2.05) is 54.0 Å². The van der Waals surface area contributed by atoms with Crippen LogP contribution in [0.25, 0.3) is 33.2 Å². The molecule has 0 saturated heterocycles. The number of pyridine rings is 2. The maximum absolute atomic E-state index is 4.73. The summed E-state index contributed by atoms with van der Waals surface area (Å²) in [5, 5.41) is 2.94. The average molecular weight is 315 g/mol. The third kappa shape index (κ3) is 2.76. The van der Waals surface area contributed by atoms with Gasteiger partial charge >= 0.3 is 0 Å². The van der Waals surface area contributed by atoms with Gasteiger partial charge in [-0.2, -0.15) is 0 Å². The van der Waals surface area contributed by atoms with Crippen LogP contribution in [0.3, 0.4) is 0 Å². The van der Waals surface area contributed by atoms with E-state index >= 15 is 0 Å². The first-order valence-corrected chi connectivity index (χ1v) is 8.17. The molecule has 0 aliphatic heterocycles. The highest BCUT2D eigenvalue weighted by Gasteiger charge is 2.13. The van der Waals surface area contributed by atoms with Crippen molar-refractivity contribution < 1.29 is 0 Å². The summed E-state index contributed by atoms with van der Waals surface area (Å²) < 4.78 is 0. The van der Waals surface area contributed by atoms with Gasteiger partial charge in [0.2, 0.25) is 0 Å². The Morgan fingerprint density at radius 3 is 2.35 bits per heavy atom. The predicted molar refractivity (Wildman–Crippen MR) is 94.0 cm³/mol. The van der Waals surface area contributed by atoms with Gasteiger partial charge in [-0.1, -0.05) is 42.5 Å². The van der Waals surface area contributed by atoms with Crippen LogP contribution in [0, 0.1) is 0 Å². The van der Waals surface area contributed by atoms with Crippen molar-refractivity contribution in [2.75, 3.05) is 0 Å². The van der Waals surface area contributed by atoms with Crippen molar-refractivity contribution in [2.24, 2.45) is 0 Å². The van der Waals surface area contributed by atoms with Gasteiger partial charge in [0, 0.05) is 23.3 Å². The van der Waals surface area contributed by atoms with Crippen LogP contribution in [-0.4, -0.2) is 15.0 Å². The van der Waals surface area contributed by atoms with E-state index in [0.717, 1.165) is 33.2 Å². The van der Waals surface area contributed by atoms with E-state index in [1.54, 1.807) is 17.5 Å². The molecule has 3 nitrogen and oxygen atoms in total. The van der Waals surface area contributed by atoms with Gasteiger partial charge in [-0.25, -0.2) is 4.98 Å². The van der Waals surface area contributed by atoms with Gasteiger partial charge in [0.15, 0.2) is 0 Å². The second-order valence-corrected chi connectivity index (χ2v) is 5.88. The molecular formula is C19H13N3S. The molecule has 0 N–H and O–H groups in total. The number of thiazole rings is 1. The predicted octanol–water partition coefficient (Wildman–Crippen LogP) is 4.93. The fourth-order valence-electron chi connectivity index (χ4n) is 2.44. The van der Waals surface area contributed by atoms with Gasteiger partial charge in [0.25, 0.3) is 0 Å². The molecule has 1 aromatic carbocycles. The first kappa shape index (κ1) is 13.8. The van der Waals surface area contributed by atoms with Gasteiger partial charge < -0.3 is 0 Å². The fourth-order valence-corrected chi connectivity index (χ4v) is 3.26. The number of nitrogens with zero attached hydrogens (tertiary/aromatic N) is 3. The lowest BCUT2D eigenvalue weighted by Gasteiger charge is -2.06. The average Bonchev–Trinajstić information content (AvgIpc) is 3.13. The van der Waals surface area contributed by atoms with Crippen LogP contribution in [0.1, 0.15) is 0 Å². The zero-order chi connectivity index (χ0) is 15.5. The molecule has 4 aromatic rings. The molecule has 4 rings (SSSR count). The molecule has 3 heterocycles. The van der Waals surface area contributed by atoms with Crippen LogP contribution in [0.4, 0.5) is 0 Å². The molecule has 0 amide bonds. The summed E-state index contributed by atoms with van der Waals surface area (Å²) in [7, 11) is 0. The third-order valence-corrected chi connectivity index (χ3v) is 4.38. The summed E-state index contributed by atoms with van der Waals surface area (Å²) in [5.41, 5.74) is 4.91. The summed E-state index contributed by atoms with van der Waals surface area (Å²) in [6.07, 6.45) is 3.59. The van der Waals surface area contributed by atoms with Crippen molar-refractivity contribution in [3.63, 3.8) is 0 Å². The molecule has 0 unspecified atom stereocenters. The number of hydrogen-bond acceptors (Lipinski definition) is 4. The molecule has 110 valence electrons. The quantitative estimate of drug-likeness (QED) is 0.538. The third-order valence-electron chi connectivity index (χ3n) is 3.53. The molecule has 0 bridgehead atoms. The van der Waals surface area contributed by atoms with Crippen LogP contribution in [0.5, 0.6) is 0 Å². The Bertz CT molecular complexity index is 918. The maximum Gasteiger partial charge on any atom is 0.143 e. The SMILES string of the molecule is c1ccc(-c2cccnc2-c2nc(-c3ccccn3)cs2)cc1. The molecule has 0 aliphatic rings. The molecule has 0 radical (unpaired) electrons. The molecule has 0 fully saturated rings. The van der Waals surface area contributed by atoms with Crippen molar-refractivity contribution in [1.82, 2.24) is 15.0 Å². The number of benzene rings is 1. The molecule has 0 spiro atoms. The Kier molecular flexibility index (Phi) is 3.66. The second kappa shape index (κ2) is 6.10. The largest absolute Gasteiger partial charge is 0.255 e. The lowest BCUT2D eigenvalue weighted by atomic mass is 10.0. The summed E-state index contributed by atoms with van der Waals surface area (Å²) in [5.74, 6) is 0. The Balaban J connectivity index is 1.79. The highest BCUT2D eigenvalue weighted by atomic mass is 32.1. The van der Waals surface area contributed by atoms with Crippen molar-refractivity contribution in [3.05, 3.63) is 78.4 Å². The minimum absolute atomic E-state index is 0.882. The van der Waals surface area contributed by atoms with Gasteiger partial charge in [-0.15, -0.1) is 11.3 Å². The van der Waals surface area contributed by atoms with Gasteiger partial charge in [-0.3, -0.25) is 9.97 Å². The monoisotopic (exact) mass is 315 g/mol. The summed E-state index contributed by atoms with van der Waals surface area (Å²) in [6, 6.07) is 20.2. The van der Waals surface area contributed by atoms with Crippen molar-refractivity contribution in [3.8, 4) is 33.2 Å². The molecule has 4 heteroatoms. The second-order valence-electron chi connectivity index (χ2n) is 5.02. The molecule has 23 heavy (non-hydrogen) atoms. The standard InChI is InChI=1S/C19H13N3S/c1-2-7-14(8-3-1)15-9-6-12-21-18(15)19-22-17(13-23-19)16-10-4-5-11-20-16/h1-13H. The molecular weight excluding hydrogens is 302 g/mol. The minimum Gasteiger partial charge on any atom is -0.255 e. The van der Waals surface area contributed by atoms with E-state index in [0.29, 0.717) is 0 Å². The maximum atomic E-state index is 4.73. The first-order chi connectivity index (χ1) is 11.4. The van der Waals surface area contributed by atoms with Crippen LogP contribution in [0.2, 0.25) is 0 Å². The Hall–Kier alpha value is -2.85. The first-order valence-electron chi connectivity index (χ1n) is 7.29. The lowest BCUT2D eigenvalue weighted by molar-refractivity contribution is 1.26. The highest BCUT2D eigenvalue weighted by molar-refractivity contribution is 7.13. The van der Waals surface area contributed by atoms with Crippen molar-refractivity contribution in [2.45, 2.75) is 0 Å². The van der Waals surface area contributed by atoms with Gasteiger partial charge in [-0.05, 0) is 23.8 Å². The molecule has 3 aromatic heterocycles. The van der Waals surface area contributed by atoms with Gasteiger partial charge in [0.05, 0.1) is 5.69 Å². The molecule has 0 saturated carbocycles. The summed E-state index contributed by atoms with van der Waals surface area (Å²) in [6.45, 7) is 0. The Morgan fingerprint density at radius 1 is 0.696 bits per heavy atom. The smallest absolute Gasteiger partial charge is 0.143 e. The summed E-state index contributed by atoms with van der Waals surface area (Å²) in [4.78, 5) is 13.7. The lowest BCUT2D eigenvalue weighted by Crippen LogP contribution is -1.89. The van der Waals surface area contributed by atoms with Crippen LogP contribution in [-0.2, 0) is 0 Å². The fraction of sp³-hybridized carbons (Fsp3) is 0. The van der Waals surface area contributed by atoms with E-state index < -0.39 is 0 Å². The molecule has 0 atom stereocenters. The Labute approximate surface area is 138 Å². The van der Waals surface area contributed by atoms with Crippen molar-refractivity contribution >= 4 is 11.3 Å². The van der Waals surface area contributed by atoms with Gasteiger partial charge in [0.1, 0.15) is 16.4 Å². The minimum atomic E-state index is 0.882. The summed E-state index contributed by atoms with van der Waals surface area (Å²) >= 11 is 1.59. The van der Waals surface area contributed by atoms with E-state index in [-0.39, 0.29) is 0 Å². The number of hydrogen-bond donors (Lipinski definition) is 0. The topological polar surface area (TPSA) is 38.7 Å². The zero-order valence-electron chi connectivity index (χ0n) is 12.3. The highest BCUT2D eigenvalue weighted by Crippen LogP contribution is 2.33. The van der Waals surface area contributed by atoms with Crippen LogP contribution >= 0.6 is 11.3 Å². The van der Waals surface area contributed by atoms with Crippen LogP contribution in [0.15, 0.2) is 78.4 Å². The van der Waals surface area contributed by atoms with Crippen molar-refractivity contribution in [1.29, 1.82) is 0 Å². The molecule has 0 aliphatic carbocycles. The normalized spacial score (nSPS) is 10.6. The van der Waals surface area contributed by atoms with E-state index in [1.165, 1.54) is 0 Å². The van der Waals surface area contributed by atoms with E-state index in [9.17, 15) is 0 Å². The number of aromatic nitrogens is 3. The van der Waals surface area contributed by atoms with Crippen LogP contribution < -0.4 is 0 Å². The number of rotatable bonds is 3. The van der Waals surface area contributed by atoms with E-state index in [4.69, 9.17) is 4.98 Å².